The highest BCUT2D eigenvalue weighted by Gasteiger charge is 2.23. The van der Waals surface area contributed by atoms with Crippen LogP contribution in [0.4, 0.5) is 0 Å². The Labute approximate surface area is 158 Å². The van der Waals surface area contributed by atoms with Gasteiger partial charge in [-0.2, -0.15) is 0 Å². The fourth-order valence-electron chi connectivity index (χ4n) is 3.17. The van der Waals surface area contributed by atoms with Crippen LogP contribution in [0.2, 0.25) is 0 Å². The fraction of sp³-hybridized carbons (Fsp3) is 0.273. The van der Waals surface area contributed by atoms with E-state index < -0.39 is 0 Å². The summed E-state index contributed by atoms with van der Waals surface area (Å²) in [7, 11) is 0. The van der Waals surface area contributed by atoms with E-state index in [2.05, 4.69) is 12.1 Å². The number of carbonyl (C=O) groups is 2. The molecule has 0 aliphatic rings. The van der Waals surface area contributed by atoms with Crippen molar-refractivity contribution in [1.82, 2.24) is 4.90 Å². The maximum atomic E-state index is 12.5. The summed E-state index contributed by atoms with van der Waals surface area (Å²) in [6.45, 7) is 1.76. The van der Waals surface area contributed by atoms with E-state index in [9.17, 15) is 9.59 Å². The lowest BCUT2D eigenvalue weighted by Gasteiger charge is -2.22. The van der Waals surface area contributed by atoms with Crippen molar-refractivity contribution in [2.45, 2.75) is 32.1 Å². The SMILES string of the molecule is CC(=O)N(CCC(Cc1ccccc1)c1ccco1)C(=O)Cc1ccco1. The molecule has 1 aromatic carbocycles. The quantitative estimate of drug-likeness (QED) is 0.600. The van der Waals surface area contributed by atoms with E-state index >= 15 is 0 Å². The van der Waals surface area contributed by atoms with Crippen LogP contribution in [0.25, 0.3) is 0 Å². The third-order valence-corrected chi connectivity index (χ3v) is 4.56. The summed E-state index contributed by atoms with van der Waals surface area (Å²) in [6, 6.07) is 17.4. The lowest BCUT2D eigenvalue weighted by atomic mass is 9.93. The average molecular weight is 365 g/mol. The number of amides is 2. The molecule has 0 spiro atoms. The molecule has 0 N–H and O–H groups in total. The molecule has 0 bridgehead atoms. The van der Waals surface area contributed by atoms with Gasteiger partial charge in [-0.05, 0) is 42.7 Å². The van der Waals surface area contributed by atoms with Crippen LogP contribution in [0.5, 0.6) is 0 Å². The second kappa shape index (κ2) is 9.03. The maximum Gasteiger partial charge on any atom is 0.236 e. The standard InChI is InChI=1S/C22H23NO4/c1-17(24)23(22(25)16-20-9-5-13-26-20)12-11-19(21-10-6-14-27-21)15-18-7-3-2-4-8-18/h2-10,13-14,19H,11-12,15-16H2,1H3. The van der Waals surface area contributed by atoms with E-state index in [1.165, 1.54) is 23.7 Å². The Morgan fingerprint density at radius 1 is 0.963 bits per heavy atom. The van der Waals surface area contributed by atoms with Crippen LogP contribution in [0.15, 0.2) is 76.0 Å². The normalized spacial score (nSPS) is 11.9. The molecule has 0 fully saturated rings. The highest BCUT2D eigenvalue weighted by Crippen LogP contribution is 2.25. The highest BCUT2D eigenvalue weighted by atomic mass is 16.3. The number of benzene rings is 1. The minimum absolute atomic E-state index is 0.0800. The van der Waals surface area contributed by atoms with Crippen LogP contribution >= 0.6 is 0 Å². The maximum absolute atomic E-state index is 12.5. The van der Waals surface area contributed by atoms with E-state index in [0.717, 1.165) is 12.2 Å². The van der Waals surface area contributed by atoms with E-state index in [1.807, 2.05) is 30.3 Å². The molecule has 140 valence electrons. The fourth-order valence-corrected chi connectivity index (χ4v) is 3.17. The van der Waals surface area contributed by atoms with Crippen molar-refractivity contribution in [2.24, 2.45) is 0 Å². The second-order valence-corrected chi connectivity index (χ2v) is 6.51. The molecule has 3 rings (SSSR count). The van der Waals surface area contributed by atoms with Gasteiger partial charge in [0.05, 0.1) is 18.9 Å². The van der Waals surface area contributed by atoms with Crippen molar-refractivity contribution >= 4 is 11.8 Å². The molecule has 1 atom stereocenters. The van der Waals surface area contributed by atoms with Crippen molar-refractivity contribution in [3.05, 3.63) is 84.2 Å². The third-order valence-electron chi connectivity index (χ3n) is 4.56. The lowest BCUT2D eigenvalue weighted by Crippen LogP contribution is -2.37. The van der Waals surface area contributed by atoms with Gasteiger partial charge in [0.15, 0.2) is 0 Å². The smallest absolute Gasteiger partial charge is 0.236 e. The summed E-state index contributed by atoms with van der Waals surface area (Å²) < 4.78 is 10.8. The van der Waals surface area contributed by atoms with E-state index in [0.29, 0.717) is 18.7 Å². The van der Waals surface area contributed by atoms with Crippen molar-refractivity contribution in [3.8, 4) is 0 Å². The van der Waals surface area contributed by atoms with Crippen molar-refractivity contribution < 1.29 is 18.4 Å². The van der Waals surface area contributed by atoms with E-state index in [4.69, 9.17) is 8.83 Å². The molecule has 0 saturated carbocycles. The molecule has 0 aliphatic heterocycles. The summed E-state index contributed by atoms with van der Waals surface area (Å²) in [6.07, 6.45) is 4.67. The molecular formula is C22H23NO4. The van der Waals surface area contributed by atoms with Crippen LogP contribution in [0.1, 0.15) is 36.3 Å². The molecule has 5 nitrogen and oxygen atoms in total. The molecule has 0 saturated heterocycles. The first kappa shape index (κ1) is 18.7. The number of furan rings is 2. The highest BCUT2D eigenvalue weighted by molar-refractivity contribution is 5.94. The van der Waals surface area contributed by atoms with Crippen molar-refractivity contribution in [1.29, 1.82) is 0 Å². The monoisotopic (exact) mass is 365 g/mol. The summed E-state index contributed by atoms with van der Waals surface area (Å²) in [5.41, 5.74) is 1.19. The Hall–Kier alpha value is -3.08. The van der Waals surface area contributed by atoms with Gasteiger partial charge in [0.2, 0.25) is 11.8 Å². The topological polar surface area (TPSA) is 63.7 Å². The van der Waals surface area contributed by atoms with Crippen LogP contribution < -0.4 is 0 Å². The van der Waals surface area contributed by atoms with Gasteiger partial charge in [-0.1, -0.05) is 30.3 Å². The van der Waals surface area contributed by atoms with Gasteiger partial charge in [-0.25, -0.2) is 0 Å². The van der Waals surface area contributed by atoms with Gasteiger partial charge in [0, 0.05) is 19.4 Å². The molecule has 2 heterocycles. The number of hydrogen-bond acceptors (Lipinski definition) is 4. The van der Waals surface area contributed by atoms with Gasteiger partial charge in [-0.3, -0.25) is 14.5 Å². The minimum Gasteiger partial charge on any atom is -0.469 e. The molecular weight excluding hydrogens is 342 g/mol. The first-order chi connectivity index (χ1) is 13.1. The van der Waals surface area contributed by atoms with Gasteiger partial charge >= 0.3 is 0 Å². The van der Waals surface area contributed by atoms with E-state index in [-0.39, 0.29) is 24.2 Å². The number of rotatable bonds is 8. The minimum atomic E-state index is -0.260. The van der Waals surface area contributed by atoms with Crippen molar-refractivity contribution in [2.75, 3.05) is 6.54 Å². The number of imide groups is 1. The molecule has 0 radical (unpaired) electrons. The number of nitrogens with zero attached hydrogens (tertiary/aromatic N) is 1. The molecule has 27 heavy (non-hydrogen) atoms. The Bertz CT molecular complexity index is 838. The summed E-state index contributed by atoms with van der Waals surface area (Å²) in [4.78, 5) is 25.8. The molecule has 3 aromatic rings. The Morgan fingerprint density at radius 3 is 2.33 bits per heavy atom. The van der Waals surface area contributed by atoms with Gasteiger partial charge in [0.1, 0.15) is 11.5 Å². The van der Waals surface area contributed by atoms with Crippen molar-refractivity contribution in [3.63, 3.8) is 0 Å². The Morgan fingerprint density at radius 2 is 1.70 bits per heavy atom. The average Bonchev–Trinajstić information content (AvgIpc) is 3.35. The number of hydrogen-bond donors (Lipinski definition) is 0. The summed E-state index contributed by atoms with van der Waals surface area (Å²) >= 11 is 0. The van der Waals surface area contributed by atoms with Crippen LogP contribution in [0.3, 0.4) is 0 Å². The first-order valence-electron chi connectivity index (χ1n) is 9.04. The molecule has 1 unspecified atom stereocenters. The Kier molecular flexibility index (Phi) is 6.26. The largest absolute Gasteiger partial charge is 0.469 e. The van der Waals surface area contributed by atoms with Gasteiger partial charge in [0.25, 0.3) is 0 Å². The second-order valence-electron chi connectivity index (χ2n) is 6.51. The van der Waals surface area contributed by atoms with Gasteiger partial charge < -0.3 is 8.83 Å². The molecule has 5 heteroatoms. The zero-order chi connectivity index (χ0) is 19.1. The third kappa shape index (κ3) is 5.20. The Balaban J connectivity index is 1.68. The predicted molar refractivity (Wildman–Crippen MR) is 101 cm³/mol. The predicted octanol–water partition coefficient (Wildman–Crippen LogP) is 4.21. The first-order valence-corrected chi connectivity index (χ1v) is 9.04. The summed E-state index contributed by atoms with van der Waals surface area (Å²) in [5.74, 6) is 0.986. The molecule has 2 aromatic heterocycles. The van der Waals surface area contributed by atoms with Crippen LogP contribution in [-0.4, -0.2) is 23.3 Å². The van der Waals surface area contributed by atoms with Crippen LogP contribution in [-0.2, 0) is 22.4 Å². The molecule has 0 aliphatic carbocycles. The zero-order valence-corrected chi connectivity index (χ0v) is 15.3. The van der Waals surface area contributed by atoms with Gasteiger partial charge in [-0.15, -0.1) is 0 Å². The van der Waals surface area contributed by atoms with E-state index in [1.54, 1.807) is 18.4 Å². The van der Waals surface area contributed by atoms with Crippen LogP contribution in [0, 0.1) is 0 Å². The number of carbonyl (C=O) groups excluding carboxylic acids is 2. The lowest BCUT2D eigenvalue weighted by molar-refractivity contribution is -0.143. The molecule has 2 amide bonds. The summed E-state index contributed by atoms with van der Waals surface area (Å²) in [5, 5.41) is 0. The zero-order valence-electron chi connectivity index (χ0n) is 15.3.